The third kappa shape index (κ3) is 16.8. The zero-order valence-electron chi connectivity index (χ0n) is 12.7. The number of primary amides is 1. The van der Waals surface area contributed by atoms with Crippen LogP contribution in [0.2, 0.25) is 0 Å². The van der Waals surface area contributed by atoms with Crippen molar-refractivity contribution in [3.8, 4) is 0 Å². The molecule has 0 saturated carbocycles. The van der Waals surface area contributed by atoms with Gasteiger partial charge in [0, 0.05) is 12.5 Å². The van der Waals surface area contributed by atoms with Gasteiger partial charge in [0.05, 0.1) is 12.3 Å². The zero-order valence-corrected chi connectivity index (χ0v) is 13.5. The smallest absolute Gasteiger partial charge is 0.266 e. The van der Waals surface area contributed by atoms with Crippen LogP contribution in [0.1, 0.15) is 39.5 Å². The van der Waals surface area contributed by atoms with Crippen molar-refractivity contribution < 1.29 is 22.6 Å². The predicted octanol–water partition coefficient (Wildman–Crippen LogP) is -0.363. The molecule has 0 radical (unpaired) electrons. The molecular weight excluding hydrogens is 298 g/mol. The number of hydrogen-bond acceptors (Lipinski definition) is 5. The Labute approximate surface area is 126 Å². The van der Waals surface area contributed by atoms with Gasteiger partial charge in [0.2, 0.25) is 11.8 Å². The molecule has 0 rings (SSSR count). The van der Waals surface area contributed by atoms with Gasteiger partial charge < -0.3 is 16.8 Å². The van der Waals surface area contributed by atoms with E-state index < -0.39 is 21.8 Å². The first-order valence-corrected chi connectivity index (χ1v) is 8.50. The summed E-state index contributed by atoms with van der Waals surface area (Å²) in [6.45, 7) is 3.93. The summed E-state index contributed by atoms with van der Waals surface area (Å²) in [7, 11) is -3.98. The molecule has 0 unspecified atom stereocenters. The molecule has 21 heavy (non-hydrogen) atoms. The Balaban J connectivity index is 0. The summed E-state index contributed by atoms with van der Waals surface area (Å²) in [5.41, 5.74) is 9.22. The highest BCUT2D eigenvalue weighted by Gasteiger charge is 2.16. The fourth-order valence-electron chi connectivity index (χ4n) is 1.55. The molecule has 0 bridgehead atoms. The maximum atomic E-state index is 11.6. The minimum atomic E-state index is -3.98. The fourth-order valence-corrected chi connectivity index (χ4v) is 1.91. The summed E-state index contributed by atoms with van der Waals surface area (Å²) in [6, 6.07) is 0. The van der Waals surface area contributed by atoms with E-state index in [1.807, 2.05) is 13.8 Å². The topological polar surface area (TPSA) is 153 Å². The van der Waals surface area contributed by atoms with E-state index in [9.17, 15) is 18.0 Å². The maximum absolute atomic E-state index is 11.6. The largest absolute Gasteiger partial charge is 0.369 e. The standard InChI is InChI=1S/C10H21NO4S.C2H6N2O/c1-3-5-9(6-4-2)10(12)11-7-8-16(13,14)15;3-1-2(4)5/h9H,3-8H2,1-2H3,(H,11,12)(H,13,14,15);1,3H2,(H2,4,5). The molecule has 8 nitrogen and oxygen atoms in total. The highest BCUT2D eigenvalue weighted by molar-refractivity contribution is 7.85. The van der Waals surface area contributed by atoms with E-state index in [1.54, 1.807) is 0 Å². The summed E-state index contributed by atoms with van der Waals surface area (Å²) >= 11 is 0. The van der Waals surface area contributed by atoms with Crippen LogP contribution in [0.15, 0.2) is 0 Å². The molecule has 0 aromatic carbocycles. The molecule has 0 aliphatic heterocycles. The van der Waals surface area contributed by atoms with E-state index in [1.165, 1.54) is 0 Å². The van der Waals surface area contributed by atoms with Crippen molar-refractivity contribution in [3.63, 3.8) is 0 Å². The summed E-state index contributed by atoms with van der Waals surface area (Å²) in [5, 5.41) is 2.53. The Morgan fingerprint density at radius 2 is 1.62 bits per heavy atom. The second kappa shape index (κ2) is 12.5. The van der Waals surface area contributed by atoms with Crippen LogP contribution >= 0.6 is 0 Å². The molecule has 0 fully saturated rings. The first-order valence-electron chi connectivity index (χ1n) is 6.89. The van der Waals surface area contributed by atoms with Crippen molar-refractivity contribution >= 4 is 21.9 Å². The molecule has 0 aliphatic carbocycles. The summed E-state index contributed by atoms with van der Waals surface area (Å²) < 4.78 is 29.4. The van der Waals surface area contributed by atoms with Crippen LogP contribution in [-0.4, -0.2) is 43.6 Å². The van der Waals surface area contributed by atoms with Gasteiger partial charge in [-0.15, -0.1) is 0 Å². The van der Waals surface area contributed by atoms with E-state index in [2.05, 4.69) is 11.1 Å². The normalized spacial score (nSPS) is 10.7. The Morgan fingerprint density at radius 1 is 1.19 bits per heavy atom. The number of rotatable bonds is 9. The molecule has 0 aliphatic rings. The first-order chi connectivity index (χ1) is 9.67. The van der Waals surface area contributed by atoms with Crippen LogP contribution in [0, 0.1) is 5.92 Å². The molecule has 6 N–H and O–H groups in total. The molecule has 0 aromatic rings. The Hall–Kier alpha value is -1.19. The molecule has 0 heterocycles. The average Bonchev–Trinajstić information content (AvgIpc) is 2.37. The fraction of sp³-hybridized carbons (Fsp3) is 0.833. The lowest BCUT2D eigenvalue weighted by atomic mass is 9.97. The molecular formula is C12H27N3O5S. The maximum Gasteiger partial charge on any atom is 0.266 e. The van der Waals surface area contributed by atoms with Crippen molar-refractivity contribution in [1.82, 2.24) is 5.32 Å². The summed E-state index contributed by atoms with van der Waals surface area (Å²) in [4.78, 5) is 21.1. The predicted molar refractivity (Wildman–Crippen MR) is 81.0 cm³/mol. The van der Waals surface area contributed by atoms with Crippen LogP contribution in [0.4, 0.5) is 0 Å². The van der Waals surface area contributed by atoms with E-state index in [-0.39, 0.29) is 24.9 Å². The minimum Gasteiger partial charge on any atom is -0.369 e. The molecule has 0 saturated heterocycles. The molecule has 126 valence electrons. The second-order valence-corrected chi connectivity index (χ2v) is 6.09. The van der Waals surface area contributed by atoms with Gasteiger partial charge in [-0.3, -0.25) is 14.1 Å². The van der Waals surface area contributed by atoms with Gasteiger partial charge in [-0.25, -0.2) is 0 Å². The van der Waals surface area contributed by atoms with Crippen molar-refractivity contribution in [3.05, 3.63) is 0 Å². The van der Waals surface area contributed by atoms with E-state index in [0.717, 1.165) is 25.7 Å². The molecule has 2 amide bonds. The second-order valence-electron chi connectivity index (χ2n) is 4.52. The zero-order chi connectivity index (χ0) is 16.9. The highest BCUT2D eigenvalue weighted by Crippen LogP contribution is 2.13. The molecule has 0 aromatic heterocycles. The SMILES string of the molecule is CCCC(CCC)C(=O)NCCS(=O)(=O)O.NCC(N)=O. The van der Waals surface area contributed by atoms with Gasteiger partial charge in [-0.1, -0.05) is 26.7 Å². The first kappa shape index (κ1) is 22.1. The van der Waals surface area contributed by atoms with Crippen LogP contribution in [0.25, 0.3) is 0 Å². The van der Waals surface area contributed by atoms with Gasteiger partial charge in [-0.2, -0.15) is 8.42 Å². The van der Waals surface area contributed by atoms with E-state index in [4.69, 9.17) is 10.3 Å². The third-order valence-corrected chi connectivity index (χ3v) is 3.23. The van der Waals surface area contributed by atoms with Gasteiger partial charge >= 0.3 is 0 Å². The van der Waals surface area contributed by atoms with E-state index >= 15 is 0 Å². The minimum absolute atomic E-state index is 0.0262. The quantitative estimate of drug-likeness (QED) is 0.425. The molecule has 0 spiro atoms. The number of carbonyl (C=O) groups is 2. The van der Waals surface area contributed by atoms with E-state index in [0.29, 0.717) is 0 Å². The van der Waals surface area contributed by atoms with Gasteiger partial charge in [0.25, 0.3) is 10.1 Å². The van der Waals surface area contributed by atoms with Gasteiger partial charge in [0.15, 0.2) is 0 Å². The lowest BCUT2D eigenvalue weighted by Crippen LogP contribution is -2.34. The van der Waals surface area contributed by atoms with Crippen molar-refractivity contribution in [2.24, 2.45) is 17.4 Å². The Bertz CT molecular complexity index is 392. The lowest BCUT2D eigenvalue weighted by molar-refractivity contribution is -0.125. The molecule has 0 atom stereocenters. The van der Waals surface area contributed by atoms with Crippen LogP contribution in [0.5, 0.6) is 0 Å². The van der Waals surface area contributed by atoms with Gasteiger partial charge in [-0.05, 0) is 12.8 Å². The van der Waals surface area contributed by atoms with Crippen molar-refractivity contribution in [1.29, 1.82) is 0 Å². The third-order valence-electron chi connectivity index (χ3n) is 2.51. The van der Waals surface area contributed by atoms with Crippen molar-refractivity contribution in [2.45, 2.75) is 39.5 Å². The molecule has 9 heteroatoms. The Kier molecular flexibility index (Phi) is 13.2. The average molecular weight is 325 g/mol. The van der Waals surface area contributed by atoms with Crippen LogP contribution in [0.3, 0.4) is 0 Å². The Morgan fingerprint density at radius 3 is 1.90 bits per heavy atom. The number of nitrogens with two attached hydrogens (primary N) is 2. The number of hydrogen-bond donors (Lipinski definition) is 4. The number of amides is 2. The number of nitrogens with one attached hydrogen (secondary N) is 1. The monoisotopic (exact) mass is 325 g/mol. The summed E-state index contributed by atoms with van der Waals surface area (Å²) in [6.07, 6.45) is 3.48. The number of carbonyl (C=O) groups excluding carboxylic acids is 2. The lowest BCUT2D eigenvalue weighted by Gasteiger charge is -2.14. The van der Waals surface area contributed by atoms with Crippen molar-refractivity contribution in [2.75, 3.05) is 18.8 Å². The van der Waals surface area contributed by atoms with Crippen LogP contribution < -0.4 is 16.8 Å². The van der Waals surface area contributed by atoms with Gasteiger partial charge in [0.1, 0.15) is 0 Å². The van der Waals surface area contributed by atoms with Crippen LogP contribution in [-0.2, 0) is 19.7 Å². The summed E-state index contributed by atoms with van der Waals surface area (Å²) in [5.74, 6) is -1.06. The highest BCUT2D eigenvalue weighted by atomic mass is 32.2.